The predicted molar refractivity (Wildman–Crippen MR) is 46.7 cm³/mol. The molecule has 0 aliphatic carbocycles. The number of rotatable bonds is 5. The Bertz CT molecular complexity index is 319. The summed E-state index contributed by atoms with van der Waals surface area (Å²) in [6.45, 7) is 6.22. The van der Waals surface area contributed by atoms with Gasteiger partial charge in [-0.15, -0.1) is 0 Å². The number of carbonyl (C=O) groups is 1. The molecular weight excluding hydrogens is 522 g/mol. The van der Waals surface area contributed by atoms with Gasteiger partial charge in [0.25, 0.3) is 0 Å². The molecule has 0 bridgehead atoms. The third kappa shape index (κ3) is 4.02. The summed E-state index contributed by atoms with van der Waals surface area (Å²) in [5.41, 5.74) is 1.87. The van der Waals surface area contributed by atoms with Crippen molar-refractivity contribution in [3.63, 3.8) is 0 Å². The van der Waals surface area contributed by atoms with Gasteiger partial charge in [0.15, 0.2) is 0 Å². The van der Waals surface area contributed by atoms with E-state index < -0.39 is 0 Å². The van der Waals surface area contributed by atoms with Crippen molar-refractivity contribution in [2.24, 2.45) is 3.50 Å². The van der Waals surface area contributed by atoms with Crippen LogP contribution in [0.25, 0.3) is 0 Å². The molecular formula is C9H11NO2W2. The Morgan fingerprint density at radius 2 is 2.00 bits per heavy atom. The number of hydrogen-bond acceptors (Lipinski definition) is 3. The van der Waals surface area contributed by atoms with Gasteiger partial charge in [-0.2, -0.15) is 0 Å². The van der Waals surface area contributed by atoms with Gasteiger partial charge in [-0.25, -0.2) is 0 Å². The fraction of sp³-hybridized carbons (Fsp3) is 0.333. The molecule has 0 radical (unpaired) electrons. The molecule has 0 atom stereocenters. The number of hydrogen-bond donors (Lipinski definition) is 0. The fourth-order valence-corrected chi connectivity index (χ4v) is 2.20. The van der Waals surface area contributed by atoms with Crippen LogP contribution in [0.3, 0.4) is 0 Å². The molecule has 3 nitrogen and oxygen atoms in total. The normalized spacial score (nSPS) is 12.9. The maximum atomic E-state index is 10.3. The second-order valence-corrected chi connectivity index (χ2v) is 5.33. The predicted octanol–water partition coefficient (Wildman–Crippen LogP) is 1.81. The SMILES string of the molecule is CC=C(OC=O)C([C](C)=[W])=C(C)[N]=[W]. The number of allylic oxidation sites excluding steroid dienone is 3. The summed E-state index contributed by atoms with van der Waals surface area (Å²) in [4.78, 5) is 10.3. The van der Waals surface area contributed by atoms with Gasteiger partial charge in [-0.1, -0.05) is 0 Å². The van der Waals surface area contributed by atoms with Crippen molar-refractivity contribution in [1.82, 2.24) is 0 Å². The van der Waals surface area contributed by atoms with E-state index in [1.54, 1.807) is 6.08 Å². The molecule has 0 aliphatic heterocycles. The van der Waals surface area contributed by atoms with E-state index in [1.165, 1.54) is 23.3 Å². The topological polar surface area (TPSA) is 38.7 Å². The van der Waals surface area contributed by atoms with E-state index in [9.17, 15) is 4.79 Å². The first kappa shape index (κ1) is 14.0. The number of ether oxygens (including phenoxy) is 1. The number of nitrogens with zero attached hydrogens (tertiary/aromatic N) is 1. The summed E-state index contributed by atoms with van der Waals surface area (Å²) in [6.07, 6.45) is 1.78. The molecule has 0 heterocycles. The Morgan fingerprint density at radius 1 is 1.43 bits per heavy atom. The van der Waals surface area contributed by atoms with E-state index in [2.05, 4.69) is 3.50 Å². The molecule has 76 valence electrons. The van der Waals surface area contributed by atoms with Crippen LogP contribution in [0.1, 0.15) is 20.8 Å². The van der Waals surface area contributed by atoms with Crippen LogP contribution in [0.5, 0.6) is 0 Å². The average Bonchev–Trinajstić information content (AvgIpc) is 2.16. The van der Waals surface area contributed by atoms with Crippen molar-refractivity contribution in [1.29, 1.82) is 0 Å². The van der Waals surface area contributed by atoms with E-state index >= 15 is 0 Å². The van der Waals surface area contributed by atoms with Gasteiger partial charge in [0.05, 0.1) is 0 Å². The van der Waals surface area contributed by atoms with Crippen molar-refractivity contribution >= 4 is 10.4 Å². The molecule has 5 heteroatoms. The molecule has 0 saturated heterocycles. The Kier molecular flexibility index (Phi) is 7.31. The first-order valence-corrected chi connectivity index (χ1v) is 6.68. The molecule has 0 amide bonds. The van der Waals surface area contributed by atoms with Crippen LogP contribution in [0.4, 0.5) is 0 Å². The molecule has 14 heavy (non-hydrogen) atoms. The van der Waals surface area contributed by atoms with Crippen molar-refractivity contribution in [3.05, 3.63) is 23.1 Å². The van der Waals surface area contributed by atoms with Gasteiger partial charge in [-0.05, 0) is 0 Å². The second kappa shape index (κ2) is 7.31. The fourth-order valence-electron chi connectivity index (χ4n) is 0.975. The van der Waals surface area contributed by atoms with Crippen LogP contribution in [0.2, 0.25) is 0 Å². The molecule has 0 N–H and O–H groups in total. The van der Waals surface area contributed by atoms with E-state index in [0.29, 0.717) is 12.2 Å². The third-order valence-electron chi connectivity index (χ3n) is 1.53. The van der Waals surface area contributed by atoms with Gasteiger partial charge in [0.2, 0.25) is 0 Å². The van der Waals surface area contributed by atoms with Crippen molar-refractivity contribution in [2.45, 2.75) is 20.8 Å². The molecule has 0 fully saturated rings. The summed E-state index contributed by atoms with van der Waals surface area (Å²) in [7, 11) is 0. The van der Waals surface area contributed by atoms with Crippen molar-refractivity contribution in [3.8, 4) is 0 Å². The molecule has 0 saturated carbocycles. The second-order valence-electron chi connectivity index (χ2n) is 2.47. The standard InChI is InChI=1S/C9H11NO2.2W/c1-4-8(7(3)10)9(5-2)12-6-11;;/h5-6H,1-3H3;;. The van der Waals surface area contributed by atoms with E-state index in [0.717, 1.165) is 30.9 Å². The number of carbonyl (C=O) groups excluding carboxylic acids is 1. The van der Waals surface area contributed by atoms with Crippen LogP contribution < -0.4 is 0 Å². The van der Waals surface area contributed by atoms with Gasteiger partial charge in [0, 0.05) is 0 Å². The van der Waals surface area contributed by atoms with Gasteiger partial charge >= 0.3 is 106 Å². The van der Waals surface area contributed by atoms with Gasteiger partial charge < -0.3 is 0 Å². The van der Waals surface area contributed by atoms with E-state index in [1.807, 2.05) is 20.8 Å². The molecule has 0 aliphatic rings. The Labute approximate surface area is 106 Å². The summed E-state index contributed by atoms with van der Waals surface area (Å²) < 4.78 is 10.3. The summed E-state index contributed by atoms with van der Waals surface area (Å²) in [6, 6.07) is 0. The monoisotopic (exact) mass is 533 g/mol. The minimum absolute atomic E-state index is 0.448. The zero-order valence-corrected chi connectivity index (χ0v) is 14.1. The Balaban J connectivity index is 5.31. The summed E-state index contributed by atoms with van der Waals surface area (Å²) in [5.74, 6) is 0.593. The van der Waals surface area contributed by atoms with Gasteiger partial charge in [-0.3, -0.25) is 0 Å². The third-order valence-corrected chi connectivity index (χ3v) is 3.25. The van der Waals surface area contributed by atoms with Crippen LogP contribution in [0, 0.1) is 0 Å². The Morgan fingerprint density at radius 3 is 2.29 bits per heavy atom. The molecule has 0 aromatic heterocycles. The quantitative estimate of drug-likeness (QED) is 0.308. The first-order valence-electron chi connectivity index (χ1n) is 3.90. The first-order chi connectivity index (χ1) is 6.58. The van der Waals surface area contributed by atoms with Crippen molar-refractivity contribution in [2.75, 3.05) is 0 Å². The molecule has 0 spiro atoms. The van der Waals surface area contributed by atoms with Crippen LogP contribution >= 0.6 is 0 Å². The molecule has 0 unspecified atom stereocenters. The molecule has 0 aromatic rings. The average molecular weight is 533 g/mol. The zero-order chi connectivity index (χ0) is 11.1. The van der Waals surface area contributed by atoms with Crippen LogP contribution in [-0.4, -0.2) is 10.4 Å². The van der Waals surface area contributed by atoms with Crippen molar-refractivity contribution < 1.29 is 48.5 Å². The maximum absolute atomic E-state index is 10.3. The van der Waals surface area contributed by atoms with E-state index in [-0.39, 0.29) is 0 Å². The van der Waals surface area contributed by atoms with Crippen LogP contribution in [-0.2, 0) is 48.5 Å². The summed E-state index contributed by atoms with van der Waals surface area (Å²) >= 11 is 2.50. The minimum atomic E-state index is 0.448. The van der Waals surface area contributed by atoms with E-state index in [4.69, 9.17) is 4.74 Å². The zero-order valence-electron chi connectivity index (χ0n) is 8.23. The Hall–Kier alpha value is -0.00338. The summed E-state index contributed by atoms with van der Waals surface area (Å²) in [5, 5.41) is 0. The van der Waals surface area contributed by atoms with Gasteiger partial charge in [0.1, 0.15) is 0 Å². The molecule has 0 rings (SSSR count). The van der Waals surface area contributed by atoms with Crippen LogP contribution in [0.15, 0.2) is 26.6 Å². The molecule has 0 aromatic carbocycles.